The fourth-order valence-electron chi connectivity index (χ4n) is 5.58. The quantitative estimate of drug-likeness (QED) is 0.296. The summed E-state index contributed by atoms with van der Waals surface area (Å²) >= 11 is 0. The van der Waals surface area contributed by atoms with Crippen molar-refractivity contribution in [3.8, 4) is 5.75 Å². The molecule has 0 aliphatic carbocycles. The van der Waals surface area contributed by atoms with E-state index in [1.54, 1.807) is 12.1 Å². The average molecular weight is 523 g/mol. The molecule has 39 heavy (non-hydrogen) atoms. The second-order valence-electron chi connectivity index (χ2n) is 10.3. The molecule has 200 valence electrons. The van der Waals surface area contributed by atoms with Crippen molar-refractivity contribution < 1.29 is 18.7 Å². The van der Waals surface area contributed by atoms with Crippen LogP contribution in [0.1, 0.15) is 57.5 Å². The molecule has 1 saturated heterocycles. The summed E-state index contributed by atoms with van der Waals surface area (Å²) in [5.74, 6) is 1.46. The second kappa shape index (κ2) is 11.9. The van der Waals surface area contributed by atoms with Gasteiger partial charge in [-0.25, -0.2) is 0 Å². The van der Waals surface area contributed by atoms with Gasteiger partial charge in [0.05, 0.1) is 12.1 Å². The smallest absolute Gasteiger partial charge is 0.287 e. The van der Waals surface area contributed by atoms with Gasteiger partial charge in [0.25, 0.3) is 5.91 Å². The Hall–Kier alpha value is -3.87. The summed E-state index contributed by atoms with van der Waals surface area (Å²) in [4.78, 5) is 15.0. The highest BCUT2D eigenvalue weighted by atomic mass is 16.5. The molecule has 1 aromatic heterocycles. The number of benzene rings is 3. The lowest BCUT2D eigenvalue weighted by Crippen LogP contribution is -2.35. The Morgan fingerprint density at radius 2 is 1.79 bits per heavy atom. The molecule has 0 saturated carbocycles. The third-order valence-electron chi connectivity index (χ3n) is 7.57. The maximum Gasteiger partial charge on any atom is 0.287 e. The van der Waals surface area contributed by atoms with Gasteiger partial charge >= 0.3 is 0 Å². The zero-order chi connectivity index (χ0) is 26.4. The molecule has 6 heteroatoms. The summed E-state index contributed by atoms with van der Waals surface area (Å²) in [6, 6.07) is 31.4. The molecule has 0 spiro atoms. The zero-order valence-electron chi connectivity index (χ0n) is 22.1. The van der Waals surface area contributed by atoms with Crippen molar-refractivity contribution in [1.29, 1.82) is 0 Å². The number of carbonyl (C=O) groups excluding carboxylic acids is 1. The largest absolute Gasteiger partial charge is 0.486 e. The van der Waals surface area contributed by atoms with Crippen molar-refractivity contribution >= 4 is 5.91 Å². The van der Waals surface area contributed by atoms with E-state index in [1.165, 1.54) is 22.3 Å². The first-order valence-electron chi connectivity index (χ1n) is 13.8. The van der Waals surface area contributed by atoms with Crippen LogP contribution in [0.3, 0.4) is 0 Å². The number of nitrogens with zero attached hydrogens (tertiary/aromatic N) is 1. The van der Waals surface area contributed by atoms with Crippen molar-refractivity contribution in [3.05, 3.63) is 125 Å². The lowest BCUT2D eigenvalue weighted by Gasteiger charge is -2.38. The third-order valence-corrected chi connectivity index (χ3v) is 7.57. The van der Waals surface area contributed by atoms with E-state index in [9.17, 15) is 4.79 Å². The Morgan fingerprint density at radius 3 is 2.59 bits per heavy atom. The Balaban J connectivity index is 1.16. The van der Waals surface area contributed by atoms with Crippen LogP contribution in [0.2, 0.25) is 0 Å². The van der Waals surface area contributed by atoms with E-state index >= 15 is 0 Å². The SMILES string of the molecule is O=C(NC[C@@H]1CCCO1)c1ccc(COc2ccc3c(c2)[C@@H](c2ccccc2)N(Cc2ccccc2)CC3)o1. The maximum atomic E-state index is 12.5. The van der Waals surface area contributed by atoms with E-state index in [0.717, 1.165) is 44.7 Å². The minimum Gasteiger partial charge on any atom is -0.486 e. The van der Waals surface area contributed by atoms with Crippen molar-refractivity contribution in [2.24, 2.45) is 0 Å². The number of amides is 1. The van der Waals surface area contributed by atoms with Gasteiger partial charge in [0.15, 0.2) is 5.76 Å². The standard InChI is InChI=1S/C33H34N2O4/c36-33(34-21-28-12-7-19-37-28)31-16-15-29(39-31)23-38-27-14-13-25-17-18-35(22-24-8-3-1-4-9-24)32(30(25)20-27)26-10-5-2-6-11-26/h1-6,8-11,13-16,20,28,32H,7,12,17-19,21-23H2,(H,34,36)/t28-,32+/m0/s1. The topological polar surface area (TPSA) is 63.9 Å². The zero-order valence-corrected chi connectivity index (χ0v) is 22.1. The van der Waals surface area contributed by atoms with Crippen LogP contribution in [-0.4, -0.2) is 36.6 Å². The first-order valence-corrected chi connectivity index (χ1v) is 13.8. The Bertz CT molecular complexity index is 1380. The van der Waals surface area contributed by atoms with Gasteiger partial charge in [-0.15, -0.1) is 0 Å². The molecule has 3 heterocycles. The lowest BCUT2D eigenvalue weighted by atomic mass is 9.87. The minimum absolute atomic E-state index is 0.0963. The van der Waals surface area contributed by atoms with Gasteiger partial charge in [-0.3, -0.25) is 9.69 Å². The van der Waals surface area contributed by atoms with Gasteiger partial charge in [-0.05, 0) is 65.8 Å². The number of rotatable bonds is 9. The molecule has 6 rings (SSSR count). The van der Waals surface area contributed by atoms with Crippen LogP contribution >= 0.6 is 0 Å². The summed E-state index contributed by atoms with van der Waals surface area (Å²) < 4.78 is 17.5. The predicted molar refractivity (Wildman–Crippen MR) is 150 cm³/mol. The Morgan fingerprint density at radius 1 is 0.974 bits per heavy atom. The van der Waals surface area contributed by atoms with Crippen molar-refractivity contribution in [1.82, 2.24) is 10.2 Å². The number of ether oxygens (including phenoxy) is 2. The summed E-state index contributed by atoms with van der Waals surface area (Å²) in [7, 11) is 0. The molecule has 1 N–H and O–H groups in total. The van der Waals surface area contributed by atoms with E-state index in [-0.39, 0.29) is 30.4 Å². The fourth-order valence-corrected chi connectivity index (χ4v) is 5.58. The maximum absolute atomic E-state index is 12.5. The van der Waals surface area contributed by atoms with Crippen LogP contribution in [0.25, 0.3) is 0 Å². The van der Waals surface area contributed by atoms with Crippen LogP contribution in [0, 0.1) is 0 Å². The van der Waals surface area contributed by atoms with Gasteiger partial charge in [-0.2, -0.15) is 0 Å². The van der Waals surface area contributed by atoms with Crippen LogP contribution in [0.4, 0.5) is 0 Å². The molecule has 0 unspecified atom stereocenters. The summed E-state index contributed by atoms with van der Waals surface area (Å²) in [5.41, 5.74) is 5.21. The van der Waals surface area contributed by atoms with Crippen molar-refractivity contribution in [3.63, 3.8) is 0 Å². The summed E-state index contributed by atoms with van der Waals surface area (Å²) in [6.45, 7) is 3.40. The first kappa shape index (κ1) is 25.4. The number of nitrogens with one attached hydrogen (secondary N) is 1. The van der Waals surface area contributed by atoms with Crippen molar-refractivity contribution in [2.45, 2.75) is 44.6 Å². The van der Waals surface area contributed by atoms with E-state index in [2.05, 4.69) is 83.0 Å². The number of fused-ring (bicyclic) bond motifs is 1. The Labute approximate surface area is 229 Å². The highest BCUT2D eigenvalue weighted by molar-refractivity contribution is 5.91. The van der Waals surface area contributed by atoms with E-state index in [1.807, 2.05) is 6.07 Å². The van der Waals surface area contributed by atoms with E-state index in [0.29, 0.717) is 12.3 Å². The minimum atomic E-state index is -0.227. The van der Waals surface area contributed by atoms with Crippen LogP contribution in [0.5, 0.6) is 5.75 Å². The first-order chi connectivity index (χ1) is 19.2. The van der Waals surface area contributed by atoms with Gasteiger partial charge in [0.2, 0.25) is 0 Å². The predicted octanol–water partition coefficient (Wildman–Crippen LogP) is 5.92. The molecular weight excluding hydrogens is 488 g/mol. The summed E-state index contributed by atoms with van der Waals surface area (Å²) in [6.07, 6.45) is 3.11. The molecule has 2 atom stereocenters. The lowest BCUT2D eigenvalue weighted by molar-refractivity contribution is 0.0832. The molecule has 0 radical (unpaired) electrons. The number of furan rings is 1. The van der Waals surface area contributed by atoms with Crippen molar-refractivity contribution in [2.75, 3.05) is 19.7 Å². The van der Waals surface area contributed by atoms with Gasteiger partial charge < -0.3 is 19.2 Å². The normalized spacial score (nSPS) is 19.0. The second-order valence-corrected chi connectivity index (χ2v) is 10.3. The average Bonchev–Trinajstić information content (AvgIpc) is 3.68. The molecule has 3 aromatic carbocycles. The number of hydrogen-bond donors (Lipinski definition) is 1. The molecule has 1 fully saturated rings. The molecule has 0 bridgehead atoms. The van der Waals surface area contributed by atoms with Crippen LogP contribution < -0.4 is 10.1 Å². The van der Waals surface area contributed by atoms with E-state index in [4.69, 9.17) is 13.9 Å². The highest BCUT2D eigenvalue weighted by Gasteiger charge is 2.29. The molecule has 6 nitrogen and oxygen atoms in total. The molecular formula is C33H34N2O4. The molecule has 2 aliphatic rings. The Kier molecular flexibility index (Phi) is 7.75. The van der Waals surface area contributed by atoms with Crippen LogP contribution in [-0.2, 0) is 24.3 Å². The van der Waals surface area contributed by atoms with Crippen LogP contribution in [0.15, 0.2) is 95.4 Å². The fraction of sp³-hybridized carbons (Fsp3) is 0.303. The van der Waals surface area contributed by atoms with Gasteiger partial charge in [0, 0.05) is 26.2 Å². The highest BCUT2D eigenvalue weighted by Crippen LogP contribution is 2.38. The molecule has 2 aliphatic heterocycles. The number of carbonyl (C=O) groups is 1. The van der Waals surface area contributed by atoms with E-state index < -0.39 is 0 Å². The van der Waals surface area contributed by atoms with Gasteiger partial charge in [-0.1, -0.05) is 66.7 Å². The number of hydrogen-bond acceptors (Lipinski definition) is 5. The van der Waals surface area contributed by atoms with Gasteiger partial charge in [0.1, 0.15) is 18.1 Å². The molecule has 4 aromatic rings. The monoisotopic (exact) mass is 522 g/mol. The summed E-state index contributed by atoms with van der Waals surface area (Å²) in [5, 5.41) is 2.90. The third kappa shape index (κ3) is 6.08. The molecule has 1 amide bonds.